The van der Waals surface area contributed by atoms with E-state index >= 15 is 0 Å². The van der Waals surface area contributed by atoms with Crippen LogP contribution in [-0.2, 0) is 9.53 Å². The number of amides is 1. The second-order valence-corrected chi connectivity index (χ2v) is 4.26. The standard InChI is InChI=1S/C10H18N2O2/c11-7-9(13)12-5-4-10(8-12)3-1-2-6-14-10/h1-8,11H2/t10-/m1/s1. The maximum absolute atomic E-state index is 11.4. The van der Waals surface area contributed by atoms with Crippen LogP contribution in [0.4, 0.5) is 0 Å². The Kier molecular flexibility index (Phi) is 2.74. The third-order valence-electron chi connectivity index (χ3n) is 3.28. The van der Waals surface area contributed by atoms with E-state index in [9.17, 15) is 4.79 Å². The number of likely N-dealkylation sites (tertiary alicyclic amines) is 1. The number of ether oxygens (including phenoxy) is 1. The molecule has 0 aromatic rings. The molecule has 14 heavy (non-hydrogen) atoms. The van der Waals surface area contributed by atoms with E-state index in [2.05, 4.69) is 0 Å². The van der Waals surface area contributed by atoms with Crippen LogP contribution in [0, 0.1) is 0 Å². The van der Waals surface area contributed by atoms with Gasteiger partial charge in [-0.05, 0) is 25.7 Å². The molecule has 4 heteroatoms. The second-order valence-electron chi connectivity index (χ2n) is 4.26. The average Bonchev–Trinajstić information content (AvgIpc) is 2.62. The summed E-state index contributed by atoms with van der Waals surface area (Å²) in [5.41, 5.74) is 5.31. The first-order valence-corrected chi connectivity index (χ1v) is 5.38. The van der Waals surface area contributed by atoms with E-state index < -0.39 is 0 Å². The van der Waals surface area contributed by atoms with Crippen molar-refractivity contribution in [3.8, 4) is 0 Å². The average molecular weight is 198 g/mol. The molecule has 1 spiro atoms. The molecule has 80 valence electrons. The third-order valence-corrected chi connectivity index (χ3v) is 3.28. The Hall–Kier alpha value is -0.610. The van der Waals surface area contributed by atoms with Gasteiger partial charge in [0.05, 0.1) is 12.1 Å². The van der Waals surface area contributed by atoms with Gasteiger partial charge in [0.2, 0.25) is 5.91 Å². The molecule has 0 saturated carbocycles. The summed E-state index contributed by atoms with van der Waals surface area (Å²) in [7, 11) is 0. The maximum Gasteiger partial charge on any atom is 0.236 e. The lowest BCUT2D eigenvalue weighted by Gasteiger charge is -2.33. The van der Waals surface area contributed by atoms with Gasteiger partial charge in [0.1, 0.15) is 0 Å². The number of carbonyl (C=O) groups excluding carboxylic acids is 1. The Balaban J connectivity index is 1.95. The van der Waals surface area contributed by atoms with Crippen LogP contribution in [0.1, 0.15) is 25.7 Å². The highest BCUT2D eigenvalue weighted by atomic mass is 16.5. The molecular formula is C10H18N2O2. The second kappa shape index (κ2) is 3.87. The molecule has 2 rings (SSSR count). The highest BCUT2D eigenvalue weighted by molar-refractivity contribution is 5.78. The molecule has 0 unspecified atom stereocenters. The van der Waals surface area contributed by atoms with Crippen LogP contribution in [0.15, 0.2) is 0 Å². The SMILES string of the molecule is NCC(=O)N1CC[C@]2(CCCCO2)C1. The van der Waals surface area contributed by atoms with Crippen LogP contribution in [0.5, 0.6) is 0 Å². The molecular weight excluding hydrogens is 180 g/mol. The van der Waals surface area contributed by atoms with Gasteiger partial charge in [-0.3, -0.25) is 4.79 Å². The Labute approximate surface area is 84.4 Å². The summed E-state index contributed by atoms with van der Waals surface area (Å²) in [5, 5.41) is 0. The van der Waals surface area contributed by atoms with E-state index in [1.54, 1.807) is 0 Å². The predicted molar refractivity (Wildman–Crippen MR) is 52.8 cm³/mol. The van der Waals surface area contributed by atoms with Gasteiger partial charge in [-0.15, -0.1) is 0 Å². The van der Waals surface area contributed by atoms with Gasteiger partial charge in [0.15, 0.2) is 0 Å². The lowest BCUT2D eigenvalue weighted by atomic mass is 9.93. The third kappa shape index (κ3) is 1.77. The Morgan fingerprint density at radius 1 is 1.43 bits per heavy atom. The molecule has 1 amide bonds. The summed E-state index contributed by atoms with van der Waals surface area (Å²) in [4.78, 5) is 13.2. The lowest BCUT2D eigenvalue weighted by molar-refractivity contribution is -0.131. The fraction of sp³-hybridized carbons (Fsp3) is 0.900. The normalized spacial score (nSPS) is 32.5. The number of hydrogen-bond donors (Lipinski definition) is 1. The number of nitrogens with zero attached hydrogens (tertiary/aromatic N) is 1. The van der Waals surface area contributed by atoms with Crippen molar-refractivity contribution in [1.29, 1.82) is 0 Å². The zero-order valence-electron chi connectivity index (χ0n) is 8.50. The first kappa shape index (κ1) is 9.93. The van der Waals surface area contributed by atoms with Gasteiger partial charge in [-0.2, -0.15) is 0 Å². The summed E-state index contributed by atoms with van der Waals surface area (Å²) in [5.74, 6) is 0.0519. The number of hydrogen-bond acceptors (Lipinski definition) is 3. The Bertz CT molecular complexity index is 224. The van der Waals surface area contributed by atoms with Gasteiger partial charge in [0.25, 0.3) is 0 Å². The van der Waals surface area contributed by atoms with E-state index in [0.29, 0.717) is 0 Å². The number of carbonyl (C=O) groups is 1. The van der Waals surface area contributed by atoms with Crippen molar-refractivity contribution < 1.29 is 9.53 Å². The van der Waals surface area contributed by atoms with Gasteiger partial charge < -0.3 is 15.4 Å². The van der Waals surface area contributed by atoms with E-state index in [0.717, 1.165) is 39.0 Å². The molecule has 2 saturated heterocycles. The summed E-state index contributed by atoms with van der Waals surface area (Å²) in [6, 6.07) is 0. The van der Waals surface area contributed by atoms with E-state index in [1.165, 1.54) is 6.42 Å². The molecule has 2 aliphatic rings. The molecule has 2 aliphatic heterocycles. The smallest absolute Gasteiger partial charge is 0.236 e. The molecule has 1 atom stereocenters. The number of nitrogens with two attached hydrogens (primary N) is 1. The topological polar surface area (TPSA) is 55.6 Å². The predicted octanol–water partition coefficient (Wildman–Crippen LogP) is 0.117. The lowest BCUT2D eigenvalue weighted by Crippen LogP contribution is -2.42. The molecule has 4 nitrogen and oxygen atoms in total. The van der Waals surface area contributed by atoms with Gasteiger partial charge in [0, 0.05) is 19.7 Å². The van der Waals surface area contributed by atoms with Crippen LogP contribution in [-0.4, -0.2) is 42.6 Å². The quantitative estimate of drug-likeness (QED) is 0.651. The van der Waals surface area contributed by atoms with Crippen molar-refractivity contribution in [2.24, 2.45) is 5.73 Å². The summed E-state index contributed by atoms with van der Waals surface area (Å²) in [6.07, 6.45) is 4.47. The largest absolute Gasteiger partial charge is 0.373 e. The molecule has 0 radical (unpaired) electrons. The van der Waals surface area contributed by atoms with Crippen molar-refractivity contribution in [1.82, 2.24) is 4.90 Å². The fourth-order valence-electron chi connectivity index (χ4n) is 2.42. The van der Waals surface area contributed by atoms with E-state index in [4.69, 9.17) is 10.5 Å². The van der Waals surface area contributed by atoms with Gasteiger partial charge in [-0.25, -0.2) is 0 Å². The van der Waals surface area contributed by atoms with E-state index in [1.807, 2.05) is 4.90 Å². The highest BCUT2D eigenvalue weighted by Crippen LogP contribution is 2.33. The van der Waals surface area contributed by atoms with Crippen molar-refractivity contribution in [2.45, 2.75) is 31.3 Å². The van der Waals surface area contributed by atoms with Crippen LogP contribution < -0.4 is 5.73 Å². The first-order chi connectivity index (χ1) is 6.76. The molecule has 2 N–H and O–H groups in total. The highest BCUT2D eigenvalue weighted by Gasteiger charge is 2.41. The summed E-state index contributed by atoms with van der Waals surface area (Å²) < 4.78 is 5.82. The zero-order valence-corrected chi connectivity index (χ0v) is 8.50. The minimum absolute atomic E-state index is 0.0247. The monoisotopic (exact) mass is 198 g/mol. The van der Waals surface area contributed by atoms with Crippen LogP contribution in [0.25, 0.3) is 0 Å². The van der Waals surface area contributed by atoms with Crippen LogP contribution in [0.2, 0.25) is 0 Å². The first-order valence-electron chi connectivity index (χ1n) is 5.38. The Morgan fingerprint density at radius 3 is 2.93 bits per heavy atom. The summed E-state index contributed by atoms with van der Waals surface area (Å²) in [6.45, 7) is 2.54. The zero-order chi connectivity index (χ0) is 10.0. The fourth-order valence-corrected chi connectivity index (χ4v) is 2.42. The molecule has 0 bridgehead atoms. The Morgan fingerprint density at radius 2 is 2.29 bits per heavy atom. The van der Waals surface area contributed by atoms with Crippen molar-refractivity contribution in [3.63, 3.8) is 0 Å². The van der Waals surface area contributed by atoms with Gasteiger partial charge >= 0.3 is 0 Å². The number of rotatable bonds is 1. The minimum atomic E-state index is -0.0247. The summed E-state index contributed by atoms with van der Waals surface area (Å²) >= 11 is 0. The molecule has 0 aromatic carbocycles. The van der Waals surface area contributed by atoms with Crippen molar-refractivity contribution in [2.75, 3.05) is 26.2 Å². The van der Waals surface area contributed by atoms with Crippen LogP contribution >= 0.6 is 0 Å². The molecule has 2 fully saturated rings. The van der Waals surface area contributed by atoms with Crippen molar-refractivity contribution >= 4 is 5.91 Å². The minimum Gasteiger partial charge on any atom is -0.373 e. The molecule has 0 aliphatic carbocycles. The van der Waals surface area contributed by atoms with Gasteiger partial charge in [-0.1, -0.05) is 0 Å². The maximum atomic E-state index is 11.4. The van der Waals surface area contributed by atoms with Crippen molar-refractivity contribution in [3.05, 3.63) is 0 Å². The molecule has 0 aromatic heterocycles. The molecule has 2 heterocycles. The van der Waals surface area contributed by atoms with Crippen LogP contribution in [0.3, 0.4) is 0 Å². The van der Waals surface area contributed by atoms with E-state index in [-0.39, 0.29) is 18.1 Å².